The molecule has 28 heavy (non-hydrogen) atoms. The van der Waals surface area contributed by atoms with Crippen molar-refractivity contribution in [3.05, 3.63) is 47.3 Å². The van der Waals surface area contributed by atoms with Gasteiger partial charge >= 0.3 is 6.01 Å². The first-order chi connectivity index (χ1) is 13.6. The van der Waals surface area contributed by atoms with Crippen LogP contribution >= 0.6 is 0 Å². The molecular formula is C21H23N3O4. The van der Waals surface area contributed by atoms with Gasteiger partial charge in [0.25, 0.3) is 0 Å². The average molecular weight is 381 g/mol. The number of amides is 1. The first-order valence-corrected chi connectivity index (χ1v) is 9.42. The number of hydrogen-bond donors (Lipinski definition) is 0. The van der Waals surface area contributed by atoms with Crippen LogP contribution in [-0.2, 0) is 4.79 Å². The molecule has 0 bridgehead atoms. The summed E-state index contributed by atoms with van der Waals surface area (Å²) in [6.45, 7) is 5.32. The monoisotopic (exact) mass is 381 g/mol. The van der Waals surface area contributed by atoms with Crippen LogP contribution in [0.2, 0.25) is 0 Å². The molecule has 146 valence electrons. The second-order valence-corrected chi connectivity index (χ2v) is 7.05. The molecule has 1 aromatic carbocycles. The largest absolute Gasteiger partial charge is 0.458 e. The summed E-state index contributed by atoms with van der Waals surface area (Å²) >= 11 is 0. The molecule has 7 heteroatoms. The molecule has 7 nitrogen and oxygen atoms in total. The Morgan fingerprint density at radius 2 is 1.96 bits per heavy atom. The summed E-state index contributed by atoms with van der Waals surface area (Å²) in [7, 11) is 0. The maximum Gasteiger partial charge on any atom is 0.317 e. The lowest BCUT2D eigenvalue weighted by atomic mass is 10.1. The summed E-state index contributed by atoms with van der Waals surface area (Å²) in [5, 5.41) is 0. The zero-order valence-corrected chi connectivity index (χ0v) is 16.1. The van der Waals surface area contributed by atoms with Crippen molar-refractivity contribution in [3.63, 3.8) is 0 Å². The number of nitrogens with zero attached hydrogens (tertiary/aromatic N) is 3. The zero-order valence-electron chi connectivity index (χ0n) is 16.1. The van der Waals surface area contributed by atoms with Crippen molar-refractivity contribution in [2.24, 2.45) is 0 Å². The zero-order chi connectivity index (χ0) is 19.5. The molecule has 2 aliphatic heterocycles. The Balaban J connectivity index is 1.37. The van der Waals surface area contributed by atoms with Crippen molar-refractivity contribution in [1.29, 1.82) is 0 Å². The Morgan fingerprint density at radius 1 is 1.18 bits per heavy atom. The fraction of sp³-hybridized carbons (Fsp3) is 0.381. The van der Waals surface area contributed by atoms with Gasteiger partial charge in [-0.15, -0.1) is 0 Å². The number of carbonyl (C=O) groups excluding carboxylic acids is 1. The van der Waals surface area contributed by atoms with Crippen LogP contribution in [0.5, 0.6) is 17.5 Å². The van der Waals surface area contributed by atoms with Gasteiger partial charge < -0.3 is 19.1 Å². The molecule has 0 N–H and O–H groups in total. The number of aromatic nitrogens is 2. The Kier molecular flexibility index (Phi) is 5.14. The first-order valence-electron chi connectivity index (χ1n) is 9.42. The molecule has 1 aromatic heterocycles. The predicted molar refractivity (Wildman–Crippen MR) is 103 cm³/mol. The van der Waals surface area contributed by atoms with Crippen molar-refractivity contribution < 1.29 is 19.0 Å². The Bertz CT molecular complexity index is 892. The highest BCUT2D eigenvalue weighted by Crippen LogP contribution is 2.32. The summed E-state index contributed by atoms with van der Waals surface area (Å²) in [6.07, 6.45) is 5.05. The van der Waals surface area contributed by atoms with E-state index in [9.17, 15) is 4.79 Å². The molecule has 0 unspecified atom stereocenters. The van der Waals surface area contributed by atoms with Gasteiger partial charge in [0.1, 0.15) is 6.10 Å². The van der Waals surface area contributed by atoms with E-state index in [0.29, 0.717) is 18.3 Å². The number of rotatable bonds is 4. The van der Waals surface area contributed by atoms with Gasteiger partial charge in [-0.05, 0) is 56.5 Å². The molecule has 1 saturated heterocycles. The van der Waals surface area contributed by atoms with Gasteiger partial charge in [-0.25, -0.2) is 9.97 Å². The minimum atomic E-state index is -0.0992. The fourth-order valence-corrected chi connectivity index (χ4v) is 3.42. The molecule has 0 aliphatic carbocycles. The first kappa shape index (κ1) is 18.3. The number of piperidine rings is 1. The Morgan fingerprint density at radius 3 is 2.79 bits per heavy atom. The van der Waals surface area contributed by atoms with E-state index < -0.39 is 0 Å². The molecule has 1 fully saturated rings. The van der Waals surface area contributed by atoms with E-state index in [0.717, 1.165) is 42.1 Å². The van der Waals surface area contributed by atoms with Gasteiger partial charge in [-0.2, -0.15) is 0 Å². The highest BCUT2D eigenvalue weighted by atomic mass is 16.7. The van der Waals surface area contributed by atoms with Crippen molar-refractivity contribution in [2.75, 3.05) is 19.9 Å². The lowest BCUT2D eigenvalue weighted by Crippen LogP contribution is -2.44. The van der Waals surface area contributed by atoms with E-state index in [2.05, 4.69) is 9.97 Å². The minimum absolute atomic E-state index is 0.0349. The number of likely N-dealkylation sites (tertiary alicyclic amines) is 1. The number of hydrogen-bond acceptors (Lipinski definition) is 6. The van der Waals surface area contributed by atoms with Crippen LogP contribution < -0.4 is 14.2 Å². The van der Waals surface area contributed by atoms with E-state index in [1.165, 1.54) is 0 Å². The second-order valence-electron chi connectivity index (χ2n) is 7.05. The summed E-state index contributed by atoms with van der Waals surface area (Å²) in [5.41, 5.74) is 2.64. The van der Waals surface area contributed by atoms with Gasteiger partial charge in [-0.3, -0.25) is 4.79 Å². The molecule has 1 amide bonds. The highest BCUT2D eigenvalue weighted by Gasteiger charge is 2.24. The lowest BCUT2D eigenvalue weighted by Gasteiger charge is -2.31. The van der Waals surface area contributed by atoms with E-state index in [4.69, 9.17) is 14.2 Å². The van der Waals surface area contributed by atoms with E-state index in [1.54, 1.807) is 17.1 Å². The van der Waals surface area contributed by atoms with Crippen LogP contribution in [0.3, 0.4) is 0 Å². The van der Waals surface area contributed by atoms with Crippen LogP contribution in [0.15, 0.2) is 30.3 Å². The van der Waals surface area contributed by atoms with Gasteiger partial charge in [0.2, 0.25) is 12.7 Å². The van der Waals surface area contributed by atoms with Crippen molar-refractivity contribution in [2.45, 2.75) is 32.8 Å². The van der Waals surface area contributed by atoms with Gasteiger partial charge in [0.05, 0.1) is 6.54 Å². The fourth-order valence-electron chi connectivity index (χ4n) is 3.42. The molecule has 0 saturated carbocycles. The van der Waals surface area contributed by atoms with Gasteiger partial charge in [0, 0.05) is 24.0 Å². The Hall–Kier alpha value is -3.09. The average Bonchev–Trinajstić information content (AvgIpc) is 3.13. The maximum atomic E-state index is 12.6. The Labute approximate surface area is 164 Å². The molecular weight excluding hydrogens is 358 g/mol. The van der Waals surface area contributed by atoms with Crippen LogP contribution in [-0.4, -0.2) is 46.8 Å². The molecule has 2 aliphatic rings. The predicted octanol–water partition coefficient (Wildman–Crippen LogP) is 2.91. The van der Waals surface area contributed by atoms with Gasteiger partial charge in [0.15, 0.2) is 11.5 Å². The van der Waals surface area contributed by atoms with Gasteiger partial charge in [-0.1, -0.05) is 6.07 Å². The third-order valence-electron chi connectivity index (χ3n) is 4.74. The van der Waals surface area contributed by atoms with E-state index in [-0.39, 0.29) is 18.8 Å². The maximum absolute atomic E-state index is 12.6. The quantitative estimate of drug-likeness (QED) is 0.758. The lowest BCUT2D eigenvalue weighted by molar-refractivity contribution is -0.128. The normalized spacial score (nSPS) is 18.5. The molecule has 0 spiro atoms. The molecule has 4 rings (SSSR count). The molecule has 2 aromatic rings. The standard InChI is InChI=1S/C21H23N3O4/c1-14-10-15(2)23-21(22-14)28-17-4-3-9-24(12-17)20(25)8-6-16-5-7-18-19(11-16)27-13-26-18/h5-8,10-11,17H,3-4,9,12-13H2,1-2H3/b8-6+/t17-/m1/s1. The molecule has 3 heterocycles. The summed E-state index contributed by atoms with van der Waals surface area (Å²) in [4.78, 5) is 23.1. The van der Waals surface area contributed by atoms with Crippen LogP contribution in [0.4, 0.5) is 0 Å². The number of benzene rings is 1. The number of carbonyl (C=O) groups is 1. The van der Waals surface area contributed by atoms with E-state index >= 15 is 0 Å². The third-order valence-corrected chi connectivity index (χ3v) is 4.74. The smallest absolute Gasteiger partial charge is 0.317 e. The van der Waals surface area contributed by atoms with E-state index in [1.807, 2.05) is 38.1 Å². The van der Waals surface area contributed by atoms with Crippen LogP contribution in [0.1, 0.15) is 29.8 Å². The summed E-state index contributed by atoms with van der Waals surface area (Å²) in [5.74, 6) is 1.40. The topological polar surface area (TPSA) is 73.8 Å². The SMILES string of the molecule is Cc1cc(C)nc(O[C@@H]2CCCN(C(=O)/C=C/c3ccc4c(c3)OCO4)C2)n1. The number of aryl methyl sites for hydroxylation is 2. The number of fused-ring (bicyclic) bond motifs is 1. The minimum Gasteiger partial charge on any atom is -0.458 e. The van der Waals surface area contributed by atoms with Crippen molar-refractivity contribution in [3.8, 4) is 17.5 Å². The number of ether oxygens (including phenoxy) is 3. The highest BCUT2D eigenvalue weighted by molar-refractivity contribution is 5.92. The van der Waals surface area contributed by atoms with Crippen LogP contribution in [0, 0.1) is 13.8 Å². The summed E-state index contributed by atoms with van der Waals surface area (Å²) < 4.78 is 16.6. The van der Waals surface area contributed by atoms with Crippen LogP contribution in [0.25, 0.3) is 6.08 Å². The summed E-state index contributed by atoms with van der Waals surface area (Å²) in [6, 6.07) is 7.90. The molecule has 0 radical (unpaired) electrons. The second kappa shape index (κ2) is 7.88. The third kappa shape index (κ3) is 4.24. The molecule has 1 atom stereocenters. The van der Waals surface area contributed by atoms with Crippen molar-refractivity contribution >= 4 is 12.0 Å². The van der Waals surface area contributed by atoms with Crippen molar-refractivity contribution in [1.82, 2.24) is 14.9 Å².